The summed E-state index contributed by atoms with van der Waals surface area (Å²) in [7, 11) is 0. The highest BCUT2D eigenvalue weighted by atomic mass is 16.5. The third kappa shape index (κ3) is 5.22. The van der Waals surface area contributed by atoms with Gasteiger partial charge in [0.1, 0.15) is 0 Å². The van der Waals surface area contributed by atoms with E-state index in [9.17, 15) is 9.59 Å². The largest absolute Gasteiger partial charge is 0.456 e. The average Bonchev–Trinajstić information content (AvgIpc) is 3.09. The number of nitrogens with one attached hydrogen (secondary N) is 2. The lowest BCUT2D eigenvalue weighted by Crippen LogP contribution is -2.29. The lowest BCUT2D eigenvalue weighted by molar-refractivity contribution is -0.148. The minimum absolute atomic E-state index is 0.203. The van der Waals surface area contributed by atoms with Crippen LogP contribution in [0, 0.1) is 0 Å². The molecule has 1 aromatic heterocycles. The van der Waals surface area contributed by atoms with Crippen LogP contribution in [0.4, 0.5) is 0 Å². The Morgan fingerprint density at radius 1 is 1.15 bits per heavy atom. The van der Waals surface area contributed by atoms with Crippen LogP contribution in [0.5, 0.6) is 0 Å². The van der Waals surface area contributed by atoms with Crippen LogP contribution in [0.3, 0.4) is 0 Å². The number of hydrogen-bond donors (Lipinski definition) is 2. The second kappa shape index (κ2) is 9.22. The molecule has 0 radical (unpaired) electrons. The summed E-state index contributed by atoms with van der Waals surface area (Å²) in [4.78, 5) is 26.9. The Bertz CT molecular complexity index is 791. The van der Waals surface area contributed by atoms with Gasteiger partial charge in [0.15, 0.2) is 6.61 Å². The summed E-state index contributed by atoms with van der Waals surface area (Å²) in [5, 5.41) is 3.94. The Morgan fingerprint density at radius 3 is 2.88 bits per heavy atom. The normalized spacial score (nSPS) is 14.1. The summed E-state index contributed by atoms with van der Waals surface area (Å²) in [6.07, 6.45) is 10.8. The number of ether oxygens (including phenoxy) is 1. The van der Waals surface area contributed by atoms with E-state index in [1.54, 1.807) is 0 Å². The van der Waals surface area contributed by atoms with Crippen LogP contribution in [0.1, 0.15) is 44.1 Å². The number of benzene rings is 1. The van der Waals surface area contributed by atoms with Crippen molar-refractivity contribution >= 4 is 22.8 Å². The van der Waals surface area contributed by atoms with Gasteiger partial charge in [-0.05, 0) is 50.2 Å². The fourth-order valence-electron chi connectivity index (χ4n) is 3.34. The Labute approximate surface area is 153 Å². The molecule has 1 aromatic carbocycles. The lowest BCUT2D eigenvalue weighted by Gasteiger charge is -2.13. The minimum Gasteiger partial charge on any atom is -0.456 e. The smallest absolute Gasteiger partial charge is 0.306 e. The van der Waals surface area contributed by atoms with E-state index in [-0.39, 0.29) is 24.9 Å². The molecule has 0 atom stereocenters. The van der Waals surface area contributed by atoms with Crippen LogP contribution in [0.2, 0.25) is 0 Å². The van der Waals surface area contributed by atoms with E-state index < -0.39 is 0 Å². The van der Waals surface area contributed by atoms with Gasteiger partial charge in [0, 0.05) is 30.1 Å². The predicted octanol–water partition coefficient (Wildman–Crippen LogP) is 3.65. The number of fused-ring (bicyclic) bond motifs is 1. The SMILES string of the molecule is O=C(COC(=O)CCc1c[nH]c2ccccc12)NCCC1=CCCCC1. The molecule has 0 saturated carbocycles. The number of amides is 1. The van der Waals surface area contributed by atoms with Gasteiger partial charge in [-0.15, -0.1) is 0 Å². The van der Waals surface area contributed by atoms with E-state index in [1.165, 1.54) is 18.4 Å². The van der Waals surface area contributed by atoms with E-state index >= 15 is 0 Å². The molecule has 5 heteroatoms. The number of allylic oxidation sites excluding steroid dienone is 1. The first kappa shape index (κ1) is 18.2. The molecule has 2 N–H and O–H groups in total. The Morgan fingerprint density at radius 2 is 2.04 bits per heavy atom. The van der Waals surface area contributed by atoms with Gasteiger partial charge in [0.2, 0.25) is 0 Å². The molecule has 1 heterocycles. The van der Waals surface area contributed by atoms with Crippen LogP contribution < -0.4 is 5.32 Å². The number of aromatic nitrogens is 1. The highest BCUT2D eigenvalue weighted by Crippen LogP contribution is 2.20. The molecular formula is C21H26N2O3. The van der Waals surface area contributed by atoms with Gasteiger partial charge >= 0.3 is 5.97 Å². The van der Waals surface area contributed by atoms with Crippen molar-refractivity contribution in [1.29, 1.82) is 0 Å². The number of para-hydroxylation sites is 1. The third-order valence-electron chi connectivity index (χ3n) is 4.79. The topological polar surface area (TPSA) is 71.2 Å². The number of esters is 1. The maximum absolute atomic E-state index is 11.9. The van der Waals surface area contributed by atoms with Crippen molar-refractivity contribution in [3.05, 3.63) is 47.7 Å². The van der Waals surface area contributed by atoms with Crippen LogP contribution in [-0.2, 0) is 20.7 Å². The quantitative estimate of drug-likeness (QED) is 0.561. The first-order valence-electron chi connectivity index (χ1n) is 9.37. The van der Waals surface area contributed by atoms with Gasteiger partial charge in [0.05, 0.1) is 0 Å². The summed E-state index contributed by atoms with van der Waals surface area (Å²) in [5.41, 5.74) is 3.57. The van der Waals surface area contributed by atoms with Crippen LogP contribution in [0.15, 0.2) is 42.1 Å². The van der Waals surface area contributed by atoms with Gasteiger partial charge in [0.25, 0.3) is 5.91 Å². The molecule has 1 aliphatic carbocycles. The molecule has 138 valence electrons. The van der Waals surface area contributed by atoms with E-state index in [4.69, 9.17) is 4.74 Å². The standard InChI is InChI=1S/C21H26N2O3/c24-20(22-13-12-16-6-2-1-3-7-16)15-26-21(25)11-10-17-14-23-19-9-5-4-8-18(17)19/h4-6,8-9,14,23H,1-3,7,10-13,15H2,(H,22,24). The highest BCUT2D eigenvalue weighted by Gasteiger charge is 2.10. The van der Waals surface area contributed by atoms with E-state index in [1.807, 2.05) is 30.5 Å². The number of carbonyl (C=O) groups excluding carboxylic acids is 2. The zero-order chi connectivity index (χ0) is 18.2. The van der Waals surface area contributed by atoms with Crippen molar-refractivity contribution in [3.8, 4) is 0 Å². The van der Waals surface area contributed by atoms with Crippen molar-refractivity contribution < 1.29 is 14.3 Å². The summed E-state index contributed by atoms with van der Waals surface area (Å²) in [5.74, 6) is -0.581. The monoisotopic (exact) mass is 354 g/mol. The van der Waals surface area contributed by atoms with Gasteiger partial charge in [-0.3, -0.25) is 9.59 Å². The van der Waals surface area contributed by atoms with Crippen LogP contribution in [-0.4, -0.2) is 30.0 Å². The molecular weight excluding hydrogens is 328 g/mol. The van der Waals surface area contributed by atoms with Gasteiger partial charge in [-0.25, -0.2) is 0 Å². The lowest BCUT2D eigenvalue weighted by atomic mass is 9.97. The van der Waals surface area contributed by atoms with Crippen molar-refractivity contribution in [2.45, 2.75) is 44.9 Å². The van der Waals surface area contributed by atoms with E-state index in [0.29, 0.717) is 13.0 Å². The number of aryl methyl sites for hydroxylation is 1. The maximum atomic E-state index is 11.9. The molecule has 0 bridgehead atoms. The van der Waals surface area contributed by atoms with Crippen molar-refractivity contribution in [2.24, 2.45) is 0 Å². The number of hydrogen-bond acceptors (Lipinski definition) is 3. The fraction of sp³-hybridized carbons (Fsp3) is 0.429. The Balaban J connectivity index is 1.33. The second-order valence-electron chi connectivity index (χ2n) is 6.73. The van der Waals surface area contributed by atoms with Crippen LogP contribution in [0.25, 0.3) is 10.9 Å². The zero-order valence-corrected chi connectivity index (χ0v) is 15.1. The van der Waals surface area contributed by atoms with Gasteiger partial charge < -0.3 is 15.0 Å². The Hall–Kier alpha value is -2.56. The molecule has 0 fully saturated rings. The first-order valence-corrected chi connectivity index (χ1v) is 9.37. The molecule has 0 spiro atoms. The second-order valence-corrected chi connectivity index (χ2v) is 6.73. The van der Waals surface area contributed by atoms with E-state index in [0.717, 1.165) is 35.7 Å². The van der Waals surface area contributed by atoms with Crippen molar-refractivity contribution in [1.82, 2.24) is 10.3 Å². The number of rotatable bonds is 8. The van der Waals surface area contributed by atoms with E-state index in [2.05, 4.69) is 16.4 Å². The Kier molecular flexibility index (Phi) is 6.47. The van der Waals surface area contributed by atoms with Crippen molar-refractivity contribution in [3.63, 3.8) is 0 Å². The molecule has 3 rings (SSSR count). The summed E-state index contributed by atoms with van der Waals surface area (Å²) in [6, 6.07) is 7.98. The average molecular weight is 354 g/mol. The third-order valence-corrected chi connectivity index (χ3v) is 4.79. The predicted molar refractivity (Wildman–Crippen MR) is 102 cm³/mol. The minimum atomic E-state index is -0.347. The summed E-state index contributed by atoms with van der Waals surface area (Å²) < 4.78 is 5.08. The van der Waals surface area contributed by atoms with Gasteiger partial charge in [-0.2, -0.15) is 0 Å². The number of H-pyrrole nitrogens is 1. The van der Waals surface area contributed by atoms with Crippen LogP contribution >= 0.6 is 0 Å². The molecule has 0 aliphatic heterocycles. The van der Waals surface area contributed by atoms with Gasteiger partial charge in [-0.1, -0.05) is 29.8 Å². The molecule has 1 aliphatic rings. The zero-order valence-electron chi connectivity index (χ0n) is 15.1. The maximum Gasteiger partial charge on any atom is 0.306 e. The fourth-order valence-corrected chi connectivity index (χ4v) is 3.34. The summed E-state index contributed by atoms with van der Waals surface area (Å²) in [6.45, 7) is 0.406. The number of aromatic amines is 1. The highest BCUT2D eigenvalue weighted by molar-refractivity contribution is 5.84. The first-order chi connectivity index (χ1) is 12.7. The molecule has 0 saturated heterocycles. The molecule has 0 unspecified atom stereocenters. The number of carbonyl (C=O) groups is 2. The molecule has 1 amide bonds. The van der Waals surface area contributed by atoms with Crippen molar-refractivity contribution in [2.75, 3.05) is 13.2 Å². The molecule has 26 heavy (non-hydrogen) atoms. The molecule has 5 nitrogen and oxygen atoms in total. The summed E-state index contributed by atoms with van der Waals surface area (Å²) >= 11 is 0. The molecule has 2 aromatic rings.